The summed E-state index contributed by atoms with van der Waals surface area (Å²) >= 11 is 0. The number of aryl methyl sites for hydroxylation is 1. The summed E-state index contributed by atoms with van der Waals surface area (Å²) in [5.74, 6) is -2.04. The number of carbonyl (C=O) groups is 3. The van der Waals surface area contributed by atoms with Crippen LogP contribution in [-0.2, 0) is 20.7 Å². The van der Waals surface area contributed by atoms with Gasteiger partial charge in [0.1, 0.15) is 5.82 Å². The first-order valence-electron chi connectivity index (χ1n) is 8.05. The lowest BCUT2D eigenvalue weighted by atomic mass is 10.1. The number of esters is 1. The van der Waals surface area contributed by atoms with E-state index in [-0.39, 0.29) is 12.2 Å². The summed E-state index contributed by atoms with van der Waals surface area (Å²) in [5.41, 5.74) is 5.63. The first kappa shape index (κ1) is 19.1. The summed E-state index contributed by atoms with van der Waals surface area (Å²) < 4.78 is 17.8. The number of benzene rings is 2. The molecule has 0 heterocycles. The molecule has 0 aliphatic heterocycles. The van der Waals surface area contributed by atoms with Gasteiger partial charge in [-0.2, -0.15) is 0 Å². The molecular formula is C19H19FN2O4. The normalized spacial score (nSPS) is 11.3. The van der Waals surface area contributed by atoms with Crippen molar-refractivity contribution >= 4 is 17.8 Å². The highest BCUT2D eigenvalue weighted by atomic mass is 19.1. The van der Waals surface area contributed by atoms with E-state index in [0.717, 1.165) is 5.56 Å². The third-order valence-corrected chi connectivity index (χ3v) is 3.54. The zero-order valence-corrected chi connectivity index (χ0v) is 14.2. The van der Waals surface area contributed by atoms with Gasteiger partial charge in [0.15, 0.2) is 6.10 Å². The van der Waals surface area contributed by atoms with E-state index < -0.39 is 23.9 Å². The molecule has 2 rings (SSSR count). The van der Waals surface area contributed by atoms with Crippen LogP contribution in [0.4, 0.5) is 4.39 Å². The van der Waals surface area contributed by atoms with Crippen molar-refractivity contribution in [2.24, 2.45) is 0 Å². The molecule has 6 nitrogen and oxygen atoms in total. The van der Waals surface area contributed by atoms with Gasteiger partial charge in [-0.3, -0.25) is 25.2 Å². The topological polar surface area (TPSA) is 84.5 Å². The van der Waals surface area contributed by atoms with Crippen molar-refractivity contribution in [2.45, 2.75) is 25.9 Å². The fourth-order valence-electron chi connectivity index (χ4n) is 2.09. The molecule has 2 N–H and O–H groups in total. The van der Waals surface area contributed by atoms with Gasteiger partial charge in [-0.05, 0) is 43.2 Å². The van der Waals surface area contributed by atoms with E-state index in [1.54, 1.807) is 42.5 Å². The van der Waals surface area contributed by atoms with Crippen molar-refractivity contribution < 1.29 is 23.5 Å². The van der Waals surface area contributed by atoms with Crippen molar-refractivity contribution in [2.75, 3.05) is 0 Å². The number of halogens is 1. The van der Waals surface area contributed by atoms with Crippen molar-refractivity contribution in [3.63, 3.8) is 0 Å². The summed E-state index contributed by atoms with van der Waals surface area (Å²) in [6.45, 7) is 1.40. The van der Waals surface area contributed by atoms with E-state index >= 15 is 0 Å². The Kier molecular flexibility index (Phi) is 6.84. The number of nitrogens with one attached hydrogen (secondary N) is 2. The number of amides is 2. The van der Waals surface area contributed by atoms with Crippen molar-refractivity contribution in [3.05, 3.63) is 71.5 Å². The monoisotopic (exact) mass is 358 g/mol. The van der Waals surface area contributed by atoms with Crippen LogP contribution in [0.1, 0.15) is 29.3 Å². The third kappa shape index (κ3) is 6.01. The van der Waals surface area contributed by atoms with Crippen LogP contribution in [0.5, 0.6) is 0 Å². The van der Waals surface area contributed by atoms with E-state index in [4.69, 9.17) is 4.74 Å². The largest absolute Gasteiger partial charge is 0.452 e. The van der Waals surface area contributed by atoms with E-state index in [1.165, 1.54) is 19.1 Å². The highest BCUT2D eigenvalue weighted by Crippen LogP contribution is 2.07. The van der Waals surface area contributed by atoms with E-state index in [9.17, 15) is 18.8 Å². The Bertz CT molecular complexity index is 763. The Hall–Kier alpha value is -3.22. The predicted molar refractivity (Wildman–Crippen MR) is 92.3 cm³/mol. The van der Waals surface area contributed by atoms with Crippen LogP contribution in [0.3, 0.4) is 0 Å². The quantitative estimate of drug-likeness (QED) is 0.612. The van der Waals surface area contributed by atoms with Gasteiger partial charge in [0, 0.05) is 12.0 Å². The molecule has 26 heavy (non-hydrogen) atoms. The molecule has 0 aliphatic rings. The zero-order valence-electron chi connectivity index (χ0n) is 14.2. The number of ether oxygens (including phenoxy) is 1. The molecule has 0 fully saturated rings. The van der Waals surface area contributed by atoms with Gasteiger partial charge in [-0.15, -0.1) is 0 Å². The van der Waals surface area contributed by atoms with Gasteiger partial charge in [0.25, 0.3) is 11.8 Å². The lowest BCUT2D eigenvalue weighted by Crippen LogP contribution is -2.46. The van der Waals surface area contributed by atoms with Crippen LogP contribution < -0.4 is 10.9 Å². The smallest absolute Gasteiger partial charge is 0.306 e. The molecule has 0 bridgehead atoms. The zero-order chi connectivity index (χ0) is 18.9. The Labute approximate surface area is 150 Å². The second kappa shape index (κ2) is 9.31. The number of carbonyl (C=O) groups excluding carboxylic acids is 3. The molecule has 0 unspecified atom stereocenters. The van der Waals surface area contributed by atoms with Crippen LogP contribution in [0, 0.1) is 5.82 Å². The average Bonchev–Trinajstić information content (AvgIpc) is 2.66. The van der Waals surface area contributed by atoms with Crippen LogP contribution in [-0.4, -0.2) is 23.9 Å². The fraction of sp³-hybridized carbons (Fsp3) is 0.211. The standard InChI is InChI=1S/C19H19FN2O4/c1-13(18(24)21-22-19(25)15-5-3-2-4-6-15)26-17(23)12-9-14-7-10-16(20)11-8-14/h2-8,10-11,13H,9,12H2,1H3,(H,21,24)(H,22,25)/t13-/m1/s1. The molecule has 2 aromatic rings. The minimum absolute atomic E-state index is 0.0552. The molecule has 2 aromatic carbocycles. The van der Waals surface area contributed by atoms with Crippen molar-refractivity contribution in [1.29, 1.82) is 0 Å². The Morgan fingerprint density at radius 3 is 2.31 bits per heavy atom. The maximum absolute atomic E-state index is 12.8. The number of hydrogen-bond donors (Lipinski definition) is 2. The van der Waals surface area contributed by atoms with Gasteiger partial charge in [0.2, 0.25) is 0 Å². The molecule has 0 saturated heterocycles. The Morgan fingerprint density at radius 2 is 1.65 bits per heavy atom. The van der Waals surface area contributed by atoms with E-state index in [2.05, 4.69) is 10.9 Å². The SMILES string of the molecule is C[C@@H](OC(=O)CCc1ccc(F)cc1)C(=O)NNC(=O)c1ccccc1. The summed E-state index contributed by atoms with van der Waals surface area (Å²) in [6, 6.07) is 14.1. The number of hydrogen-bond acceptors (Lipinski definition) is 4. The summed E-state index contributed by atoms with van der Waals surface area (Å²) in [4.78, 5) is 35.5. The lowest BCUT2D eigenvalue weighted by molar-refractivity contribution is -0.155. The maximum atomic E-state index is 12.8. The van der Waals surface area contributed by atoms with Gasteiger partial charge in [-0.1, -0.05) is 30.3 Å². The first-order chi connectivity index (χ1) is 12.5. The molecule has 2 amide bonds. The summed E-state index contributed by atoms with van der Waals surface area (Å²) in [5, 5.41) is 0. The summed E-state index contributed by atoms with van der Waals surface area (Å²) in [7, 11) is 0. The second-order valence-corrected chi connectivity index (χ2v) is 5.57. The Morgan fingerprint density at radius 1 is 1.00 bits per heavy atom. The van der Waals surface area contributed by atoms with Crippen molar-refractivity contribution in [1.82, 2.24) is 10.9 Å². The minimum Gasteiger partial charge on any atom is -0.452 e. The molecular weight excluding hydrogens is 339 g/mol. The fourth-order valence-corrected chi connectivity index (χ4v) is 2.09. The maximum Gasteiger partial charge on any atom is 0.306 e. The van der Waals surface area contributed by atoms with Gasteiger partial charge < -0.3 is 4.74 Å². The third-order valence-electron chi connectivity index (χ3n) is 3.54. The molecule has 0 aromatic heterocycles. The van der Waals surface area contributed by atoms with Crippen LogP contribution in [0.2, 0.25) is 0 Å². The van der Waals surface area contributed by atoms with Gasteiger partial charge in [0.05, 0.1) is 0 Å². The average molecular weight is 358 g/mol. The summed E-state index contributed by atoms with van der Waals surface area (Å²) in [6.07, 6.45) is -0.635. The number of hydrazine groups is 1. The number of rotatable bonds is 6. The van der Waals surface area contributed by atoms with Crippen LogP contribution >= 0.6 is 0 Å². The van der Waals surface area contributed by atoms with Crippen LogP contribution in [0.25, 0.3) is 0 Å². The highest BCUT2D eigenvalue weighted by Gasteiger charge is 2.18. The molecule has 136 valence electrons. The molecule has 0 saturated carbocycles. The first-order valence-corrected chi connectivity index (χ1v) is 8.05. The lowest BCUT2D eigenvalue weighted by Gasteiger charge is -2.14. The van der Waals surface area contributed by atoms with Crippen molar-refractivity contribution in [3.8, 4) is 0 Å². The molecule has 1 atom stereocenters. The Balaban J connectivity index is 1.72. The van der Waals surface area contributed by atoms with Gasteiger partial charge in [-0.25, -0.2) is 4.39 Å². The minimum atomic E-state index is -1.06. The van der Waals surface area contributed by atoms with Crippen LogP contribution in [0.15, 0.2) is 54.6 Å². The predicted octanol–water partition coefficient (Wildman–Crippen LogP) is 2.15. The van der Waals surface area contributed by atoms with E-state index in [1.807, 2.05) is 0 Å². The molecule has 0 aliphatic carbocycles. The second-order valence-electron chi connectivity index (χ2n) is 5.57. The molecule has 7 heteroatoms. The highest BCUT2D eigenvalue weighted by molar-refractivity contribution is 5.95. The molecule has 0 radical (unpaired) electrons. The van der Waals surface area contributed by atoms with Gasteiger partial charge >= 0.3 is 5.97 Å². The molecule has 0 spiro atoms. The van der Waals surface area contributed by atoms with E-state index in [0.29, 0.717) is 12.0 Å².